The summed E-state index contributed by atoms with van der Waals surface area (Å²) in [5.41, 5.74) is 0. The molecule has 1 aliphatic carbocycles. The predicted octanol–water partition coefficient (Wildman–Crippen LogP) is 2.11. The Labute approximate surface area is 57.4 Å². The highest BCUT2D eigenvalue weighted by atomic mass is 16.3. The van der Waals surface area contributed by atoms with Gasteiger partial charge in [-0.05, 0) is 19.3 Å². The van der Waals surface area contributed by atoms with Gasteiger partial charge in [-0.25, -0.2) is 0 Å². The zero-order chi connectivity index (χ0) is 7.11. The zero-order valence-corrected chi connectivity index (χ0v) is 6.30. The first-order valence-electron chi connectivity index (χ1n) is 3.74. The molecule has 54 valence electrons. The third-order valence-corrected chi connectivity index (χ3v) is 1.23. The van der Waals surface area contributed by atoms with Gasteiger partial charge in [0.2, 0.25) is 0 Å². The van der Waals surface area contributed by atoms with E-state index in [1.54, 1.807) is 0 Å². The Morgan fingerprint density at radius 3 is 2.33 bits per heavy atom. The molecule has 0 aromatic heterocycles. The van der Waals surface area contributed by atoms with Gasteiger partial charge in [-0.1, -0.05) is 26.0 Å². The fourth-order valence-electron chi connectivity index (χ4n) is 0.794. The second kappa shape index (κ2) is 5.83. The number of hydrogen-bond acceptors (Lipinski definition) is 1. The van der Waals surface area contributed by atoms with E-state index in [0.29, 0.717) is 0 Å². The molecule has 1 atom stereocenters. The third-order valence-electron chi connectivity index (χ3n) is 1.23. The molecule has 0 fully saturated rings. The summed E-state index contributed by atoms with van der Waals surface area (Å²) in [5, 5.41) is 8.82. The van der Waals surface area contributed by atoms with Gasteiger partial charge in [0.25, 0.3) is 0 Å². The number of aliphatic hydroxyl groups is 1. The van der Waals surface area contributed by atoms with E-state index in [9.17, 15) is 0 Å². The molecular formula is C8H16O. The molecule has 0 spiro atoms. The second-order valence-corrected chi connectivity index (χ2v) is 1.93. The van der Waals surface area contributed by atoms with Crippen molar-refractivity contribution in [3.05, 3.63) is 12.2 Å². The molecule has 0 heterocycles. The summed E-state index contributed by atoms with van der Waals surface area (Å²) in [6.07, 6.45) is 7.01. The van der Waals surface area contributed by atoms with E-state index in [1.807, 2.05) is 26.0 Å². The average molecular weight is 128 g/mol. The van der Waals surface area contributed by atoms with Crippen LogP contribution in [0, 0.1) is 0 Å². The Hall–Kier alpha value is -0.300. The van der Waals surface area contributed by atoms with Crippen LogP contribution in [0.3, 0.4) is 0 Å². The second-order valence-electron chi connectivity index (χ2n) is 1.93. The fraction of sp³-hybridized carbons (Fsp3) is 0.750. The van der Waals surface area contributed by atoms with Crippen LogP contribution in [0.4, 0.5) is 0 Å². The lowest BCUT2D eigenvalue weighted by molar-refractivity contribution is 0.204. The standard InChI is InChI=1S/C6H10O.C2H6/c7-6-4-2-1-3-5-6;1-2/h2,4,6-7H,1,3,5H2;1-2H3. The minimum atomic E-state index is -0.145. The van der Waals surface area contributed by atoms with Crippen LogP contribution in [-0.4, -0.2) is 11.2 Å². The van der Waals surface area contributed by atoms with Crippen LogP contribution in [0.1, 0.15) is 33.1 Å². The summed E-state index contributed by atoms with van der Waals surface area (Å²) in [6, 6.07) is 0. The summed E-state index contributed by atoms with van der Waals surface area (Å²) in [4.78, 5) is 0. The van der Waals surface area contributed by atoms with E-state index >= 15 is 0 Å². The zero-order valence-electron chi connectivity index (χ0n) is 6.30. The van der Waals surface area contributed by atoms with Crippen LogP contribution < -0.4 is 0 Å². The molecule has 1 N–H and O–H groups in total. The van der Waals surface area contributed by atoms with E-state index < -0.39 is 0 Å². The van der Waals surface area contributed by atoms with Gasteiger partial charge in [-0.2, -0.15) is 0 Å². The molecule has 0 saturated carbocycles. The van der Waals surface area contributed by atoms with Crippen molar-refractivity contribution in [1.29, 1.82) is 0 Å². The van der Waals surface area contributed by atoms with Gasteiger partial charge in [0.15, 0.2) is 0 Å². The molecule has 0 radical (unpaired) electrons. The van der Waals surface area contributed by atoms with E-state index in [0.717, 1.165) is 19.3 Å². The fourth-order valence-corrected chi connectivity index (χ4v) is 0.794. The minimum absolute atomic E-state index is 0.145. The van der Waals surface area contributed by atoms with Gasteiger partial charge in [-0.3, -0.25) is 0 Å². The molecular weight excluding hydrogens is 112 g/mol. The summed E-state index contributed by atoms with van der Waals surface area (Å²) in [5.74, 6) is 0. The van der Waals surface area contributed by atoms with Gasteiger partial charge < -0.3 is 5.11 Å². The Bertz CT molecular complexity index is 76.6. The summed E-state index contributed by atoms with van der Waals surface area (Å²) in [6.45, 7) is 4.00. The molecule has 1 unspecified atom stereocenters. The first-order valence-corrected chi connectivity index (χ1v) is 3.74. The maximum absolute atomic E-state index is 8.82. The van der Waals surface area contributed by atoms with Crippen molar-refractivity contribution in [2.24, 2.45) is 0 Å². The number of hydrogen-bond donors (Lipinski definition) is 1. The Kier molecular flexibility index (Phi) is 5.64. The smallest absolute Gasteiger partial charge is 0.0721 e. The molecule has 0 aromatic rings. The molecule has 0 amide bonds. The van der Waals surface area contributed by atoms with Gasteiger partial charge in [0, 0.05) is 0 Å². The average Bonchev–Trinajstić information content (AvgIpc) is 1.94. The molecule has 0 saturated heterocycles. The predicted molar refractivity (Wildman–Crippen MR) is 40.3 cm³/mol. The Morgan fingerprint density at radius 2 is 2.11 bits per heavy atom. The molecule has 1 aliphatic rings. The third kappa shape index (κ3) is 4.22. The largest absolute Gasteiger partial charge is 0.389 e. The van der Waals surface area contributed by atoms with Crippen molar-refractivity contribution < 1.29 is 5.11 Å². The van der Waals surface area contributed by atoms with Crippen LogP contribution in [0.15, 0.2) is 12.2 Å². The number of rotatable bonds is 0. The van der Waals surface area contributed by atoms with Crippen LogP contribution in [-0.2, 0) is 0 Å². The molecule has 0 aliphatic heterocycles. The van der Waals surface area contributed by atoms with E-state index in [1.165, 1.54) is 0 Å². The summed E-state index contributed by atoms with van der Waals surface area (Å²) >= 11 is 0. The quantitative estimate of drug-likeness (QED) is 0.495. The van der Waals surface area contributed by atoms with E-state index in [2.05, 4.69) is 0 Å². The first-order chi connectivity index (χ1) is 4.39. The molecule has 1 heteroatoms. The SMILES string of the molecule is CC.OC1C=CCCC1. The highest BCUT2D eigenvalue weighted by molar-refractivity contribution is 4.92. The van der Waals surface area contributed by atoms with E-state index in [-0.39, 0.29) is 6.10 Å². The monoisotopic (exact) mass is 128 g/mol. The van der Waals surface area contributed by atoms with Crippen LogP contribution in [0.5, 0.6) is 0 Å². The number of aliphatic hydroxyl groups excluding tert-OH is 1. The van der Waals surface area contributed by atoms with Crippen molar-refractivity contribution in [2.45, 2.75) is 39.2 Å². The molecule has 1 rings (SSSR count). The highest BCUT2D eigenvalue weighted by Crippen LogP contribution is 2.08. The topological polar surface area (TPSA) is 20.2 Å². The molecule has 1 nitrogen and oxygen atoms in total. The van der Waals surface area contributed by atoms with Crippen molar-refractivity contribution in [3.8, 4) is 0 Å². The molecule has 0 bridgehead atoms. The normalized spacial score (nSPS) is 24.6. The summed E-state index contributed by atoms with van der Waals surface area (Å²) < 4.78 is 0. The minimum Gasteiger partial charge on any atom is -0.389 e. The first kappa shape index (κ1) is 8.70. The van der Waals surface area contributed by atoms with Gasteiger partial charge in [0.05, 0.1) is 6.10 Å². The molecule has 0 aromatic carbocycles. The number of allylic oxidation sites excluding steroid dienone is 1. The van der Waals surface area contributed by atoms with Crippen molar-refractivity contribution >= 4 is 0 Å². The Morgan fingerprint density at radius 1 is 1.44 bits per heavy atom. The van der Waals surface area contributed by atoms with Gasteiger partial charge >= 0.3 is 0 Å². The maximum Gasteiger partial charge on any atom is 0.0721 e. The van der Waals surface area contributed by atoms with E-state index in [4.69, 9.17) is 5.11 Å². The Balaban J connectivity index is 0.000000291. The van der Waals surface area contributed by atoms with Crippen molar-refractivity contribution in [3.63, 3.8) is 0 Å². The van der Waals surface area contributed by atoms with Crippen molar-refractivity contribution in [1.82, 2.24) is 0 Å². The van der Waals surface area contributed by atoms with Crippen LogP contribution in [0.25, 0.3) is 0 Å². The lowest BCUT2D eigenvalue weighted by atomic mass is 10.1. The van der Waals surface area contributed by atoms with Gasteiger partial charge in [-0.15, -0.1) is 0 Å². The van der Waals surface area contributed by atoms with Crippen molar-refractivity contribution in [2.75, 3.05) is 0 Å². The summed E-state index contributed by atoms with van der Waals surface area (Å²) in [7, 11) is 0. The van der Waals surface area contributed by atoms with Gasteiger partial charge in [0.1, 0.15) is 0 Å². The van der Waals surface area contributed by atoms with Crippen LogP contribution in [0.2, 0.25) is 0 Å². The lowest BCUT2D eigenvalue weighted by Gasteiger charge is -2.07. The highest BCUT2D eigenvalue weighted by Gasteiger charge is 2.00. The maximum atomic E-state index is 8.82. The lowest BCUT2D eigenvalue weighted by Crippen LogP contribution is -2.04. The van der Waals surface area contributed by atoms with Crippen LogP contribution >= 0.6 is 0 Å². The molecule has 9 heavy (non-hydrogen) atoms.